The number of rotatable bonds is 6. The fraction of sp³-hybridized carbons (Fsp3) is 0.133. The largest absolute Gasteiger partial charge is 0.492 e. The van der Waals surface area contributed by atoms with Crippen molar-refractivity contribution in [1.29, 1.82) is 0 Å². The summed E-state index contributed by atoms with van der Waals surface area (Å²) in [6.07, 6.45) is 0. The molecule has 21 heavy (non-hydrogen) atoms. The second kappa shape index (κ2) is 7.10. The fourth-order valence-electron chi connectivity index (χ4n) is 1.83. The van der Waals surface area contributed by atoms with Gasteiger partial charge >= 0.3 is 0 Å². The van der Waals surface area contributed by atoms with E-state index in [4.69, 9.17) is 16.2 Å². The third-order valence-corrected chi connectivity index (χ3v) is 3.24. The van der Waals surface area contributed by atoms with Crippen molar-refractivity contribution in [3.8, 4) is 5.75 Å². The number of carbonyl (C=O) groups is 1. The number of primary amides is 1. The Balaban J connectivity index is 2.24. The zero-order valence-electron chi connectivity index (χ0n) is 11.3. The molecule has 0 fully saturated rings. The standard InChI is InChI=1S/C15H16BrN3O2/c16-10-4-5-14(13(8-10)15(18)20)19-11-2-1-3-12(9-11)21-7-6-17/h1-5,8-9,19H,6-7,17H2,(H2,18,20). The van der Waals surface area contributed by atoms with Gasteiger partial charge in [0, 0.05) is 22.8 Å². The van der Waals surface area contributed by atoms with E-state index in [1.165, 1.54) is 0 Å². The van der Waals surface area contributed by atoms with Gasteiger partial charge in [0.2, 0.25) is 0 Å². The Kier molecular flexibility index (Phi) is 5.19. The minimum absolute atomic E-state index is 0.414. The molecule has 0 aromatic heterocycles. The molecule has 0 saturated carbocycles. The Morgan fingerprint density at radius 1 is 1.24 bits per heavy atom. The van der Waals surface area contributed by atoms with Gasteiger partial charge in [0.1, 0.15) is 12.4 Å². The molecular formula is C15H16BrN3O2. The second-order valence-electron chi connectivity index (χ2n) is 4.34. The molecule has 5 N–H and O–H groups in total. The molecule has 0 atom stereocenters. The first kappa shape index (κ1) is 15.3. The van der Waals surface area contributed by atoms with Gasteiger partial charge in [-0.2, -0.15) is 0 Å². The Labute approximate surface area is 131 Å². The Hall–Kier alpha value is -2.05. The average Bonchev–Trinajstić information content (AvgIpc) is 2.47. The maximum Gasteiger partial charge on any atom is 0.250 e. The molecule has 0 unspecified atom stereocenters. The Bertz CT molecular complexity index is 647. The summed E-state index contributed by atoms with van der Waals surface area (Å²) >= 11 is 3.32. The highest BCUT2D eigenvalue weighted by Crippen LogP contribution is 2.26. The number of benzene rings is 2. The predicted molar refractivity (Wildman–Crippen MR) is 86.9 cm³/mol. The summed E-state index contributed by atoms with van der Waals surface area (Å²) in [5.41, 5.74) is 12.7. The fourth-order valence-corrected chi connectivity index (χ4v) is 2.19. The van der Waals surface area contributed by atoms with Gasteiger partial charge in [-0.15, -0.1) is 0 Å². The first-order valence-electron chi connectivity index (χ1n) is 6.39. The van der Waals surface area contributed by atoms with Gasteiger partial charge in [-0.25, -0.2) is 0 Å². The lowest BCUT2D eigenvalue weighted by atomic mass is 10.1. The lowest BCUT2D eigenvalue weighted by Crippen LogP contribution is -2.13. The maximum absolute atomic E-state index is 11.5. The second-order valence-corrected chi connectivity index (χ2v) is 5.26. The van der Waals surface area contributed by atoms with Gasteiger partial charge < -0.3 is 21.5 Å². The molecule has 0 saturated heterocycles. The van der Waals surface area contributed by atoms with E-state index in [1.807, 2.05) is 30.3 Å². The monoisotopic (exact) mass is 349 g/mol. The van der Waals surface area contributed by atoms with Crippen LogP contribution in [0.5, 0.6) is 5.75 Å². The molecule has 2 aromatic rings. The molecule has 5 nitrogen and oxygen atoms in total. The summed E-state index contributed by atoms with van der Waals surface area (Å²) in [7, 11) is 0. The lowest BCUT2D eigenvalue weighted by Gasteiger charge is -2.12. The van der Waals surface area contributed by atoms with Crippen molar-refractivity contribution in [3.05, 3.63) is 52.5 Å². The van der Waals surface area contributed by atoms with Crippen LogP contribution in [0.2, 0.25) is 0 Å². The van der Waals surface area contributed by atoms with E-state index in [9.17, 15) is 4.79 Å². The number of ether oxygens (including phenoxy) is 1. The Morgan fingerprint density at radius 2 is 2.05 bits per heavy atom. The number of carbonyl (C=O) groups excluding carboxylic acids is 1. The van der Waals surface area contributed by atoms with Crippen molar-refractivity contribution in [3.63, 3.8) is 0 Å². The van der Waals surface area contributed by atoms with Crippen molar-refractivity contribution in [1.82, 2.24) is 0 Å². The van der Waals surface area contributed by atoms with Crippen molar-refractivity contribution in [2.45, 2.75) is 0 Å². The maximum atomic E-state index is 11.5. The van der Waals surface area contributed by atoms with Crippen molar-refractivity contribution < 1.29 is 9.53 Å². The summed E-state index contributed by atoms with van der Waals surface area (Å²) in [5.74, 6) is 0.220. The van der Waals surface area contributed by atoms with E-state index < -0.39 is 5.91 Å². The van der Waals surface area contributed by atoms with Gasteiger partial charge in [-0.1, -0.05) is 22.0 Å². The smallest absolute Gasteiger partial charge is 0.250 e. The van der Waals surface area contributed by atoms with Crippen LogP contribution in [-0.2, 0) is 0 Å². The zero-order chi connectivity index (χ0) is 15.2. The number of halogens is 1. The zero-order valence-corrected chi connectivity index (χ0v) is 12.9. The lowest BCUT2D eigenvalue weighted by molar-refractivity contribution is 0.100. The molecule has 2 rings (SSSR count). The molecular weight excluding hydrogens is 334 g/mol. The summed E-state index contributed by atoms with van der Waals surface area (Å²) < 4.78 is 6.26. The Morgan fingerprint density at radius 3 is 2.76 bits per heavy atom. The molecule has 0 bridgehead atoms. The van der Waals surface area contributed by atoms with Gasteiger partial charge in [-0.3, -0.25) is 4.79 Å². The predicted octanol–water partition coefficient (Wildman–Crippen LogP) is 2.63. The van der Waals surface area contributed by atoms with Crippen molar-refractivity contribution in [2.75, 3.05) is 18.5 Å². The van der Waals surface area contributed by atoms with Crippen LogP contribution in [0, 0.1) is 0 Å². The molecule has 6 heteroatoms. The van der Waals surface area contributed by atoms with E-state index in [0.29, 0.717) is 30.2 Å². The number of anilines is 2. The summed E-state index contributed by atoms with van der Waals surface area (Å²) in [6.45, 7) is 0.907. The van der Waals surface area contributed by atoms with Crippen LogP contribution < -0.4 is 21.5 Å². The van der Waals surface area contributed by atoms with Crippen LogP contribution in [0.1, 0.15) is 10.4 Å². The highest BCUT2D eigenvalue weighted by Gasteiger charge is 2.09. The molecule has 110 valence electrons. The summed E-state index contributed by atoms with van der Waals surface area (Å²) in [5, 5.41) is 3.16. The number of nitrogens with one attached hydrogen (secondary N) is 1. The first-order chi connectivity index (χ1) is 10.1. The third-order valence-electron chi connectivity index (χ3n) is 2.75. The molecule has 0 spiro atoms. The molecule has 0 aliphatic carbocycles. The molecule has 0 aliphatic rings. The number of nitrogens with two attached hydrogens (primary N) is 2. The van der Waals surface area contributed by atoms with Crippen LogP contribution in [-0.4, -0.2) is 19.1 Å². The van der Waals surface area contributed by atoms with Crippen LogP contribution in [0.25, 0.3) is 0 Å². The van der Waals surface area contributed by atoms with Gasteiger partial charge in [-0.05, 0) is 30.3 Å². The SMILES string of the molecule is NCCOc1cccc(Nc2ccc(Br)cc2C(N)=O)c1. The number of hydrogen-bond acceptors (Lipinski definition) is 4. The molecule has 0 heterocycles. The number of hydrogen-bond donors (Lipinski definition) is 3. The first-order valence-corrected chi connectivity index (χ1v) is 7.19. The molecule has 0 radical (unpaired) electrons. The van der Waals surface area contributed by atoms with E-state index in [-0.39, 0.29) is 0 Å². The van der Waals surface area contributed by atoms with E-state index in [0.717, 1.165) is 10.2 Å². The highest BCUT2D eigenvalue weighted by atomic mass is 79.9. The van der Waals surface area contributed by atoms with Crippen molar-refractivity contribution >= 4 is 33.2 Å². The van der Waals surface area contributed by atoms with Crippen LogP contribution in [0.4, 0.5) is 11.4 Å². The van der Waals surface area contributed by atoms with Gasteiger partial charge in [0.05, 0.1) is 11.3 Å². The third kappa shape index (κ3) is 4.21. The molecule has 0 aliphatic heterocycles. The summed E-state index contributed by atoms with van der Waals surface area (Å²) in [6, 6.07) is 12.7. The molecule has 1 amide bonds. The van der Waals surface area contributed by atoms with Crippen LogP contribution in [0.15, 0.2) is 46.9 Å². The van der Waals surface area contributed by atoms with Crippen molar-refractivity contribution in [2.24, 2.45) is 11.5 Å². The normalized spacial score (nSPS) is 10.2. The average molecular weight is 350 g/mol. The topological polar surface area (TPSA) is 90.4 Å². The van der Waals surface area contributed by atoms with Gasteiger partial charge in [0.25, 0.3) is 5.91 Å². The summed E-state index contributed by atoms with van der Waals surface area (Å²) in [4.78, 5) is 11.5. The van der Waals surface area contributed by atoms with E-state index >= 15 is 0 Å². The number of amides is 1. The van der Waals surface area contributed by atoms with Gasteiger partial charge in [0.15, 0.2) is 0 Å². The molecule has 2 aromatic carbocycles. The van der Waals surface area contributed by atoms with E-state index in [2.05, 4.69) is 21.2 Å². The minimum atomic E-state index is -0.491. The van der Waals surface area contributed by atoms with E-state index in [1.54, 1.807) is 12.1 Å². The van der Waals surface area contributed by atoms with Crippen LogP contribution in [0.3, 0.4) is 0 Å². The highest BCUT2D eigenvalue weighted by molar-refractivity contribution is 9.10. The minimum Gasteiger partial charge on any atom is -0.492 e. The quantitative estimate of drug-likeness (QED) is 0.747. The van der Waals surface area contributed by atoms with Crippen LogP contribution >= 0.6 is 15.9 Å².